The molecule has 3 aromatic rings. The lowest BCUT2D eigenvalue weighted by Crippen LogP contribution is -2.16. The van der Waals surface area contributed by atoms with Crippen molar-refractivity contribution < 1.29 is 12.8 Å². The van der Waals surface area contributed by atoms with Crippen LogP contribution in [0.2, 0.25) is 0 Å². The van der Waals surface area contributed by atoms with Gasteiger partial charge < -0.3 is 0 Å². The Morgan fingerprint density at radius 1 is 1.12 bits per heavy atom. The Balaban J connectivity index is 1.90. The van der Waals surface area contributed by atoms with Crippen LogP contribution in [0, 0.1) is 12.7 Å². The third kappa shape index (κ3) is 3.80. The van der Waals surface area contributed by atoms with E-state index in [-0.39, 0.29) is 5.56 Å². The minimum absolute atomic E-state index is 0.131. The molecule has 0 fully saturated rings. The van der Waals surface area contributed by atoms with Crippen LogP contribution >= 0.6 is 11.3 Å². The highest BCUT2D eigenvalue weighted by Crippen LogP contribution is 2.29. The van der Waals surface area contributed by atoms with Crippen molar-refractivity contribution in [3.63, 3.8) is 0 Å². The summed E-state index contributed by atoms with van der Waals surface area (Å²) >= 11 is 1.49. The Hall–Kier alpha value is -2.25. The Bertz CT molecular complexity index is 968. The summed E-state index contributed by atoms with van der Waals surface area (Å²) in [6.45, 7) is 1.89. The lowest BCUT2D eigenvalue weighted by molar-refractivity contribution is 0.591. The Labute approximate surface area is 144 Å². The van der Waals surface area contributed by atoms with Crippen LogP contribution in [-0.2, 0) is 15.8 Å². The molecule has 0 atom stereocenters. The zero-order valence-corrected chi connectivity index (χ0v) is 14.5. The van der Waals surface area contributed by atoms with Crippen LogP contribution in [0.5, 0.6) is 0 Å². The van der Waals surface area contributed by atoms with E-state index in [0.717, 1.165) is 5.01 Å². The van der Waals surface area contributed by atoms with Gasteiger partial charge in [0.2, 0.25) is 10.0 Å². The predicted octanol–water partition coefficient (Wildman–Crippen LogP) is 4.20. The number of thiazole rings is 1. The largest absolute Gasteiger partial charge is 0.283 e. The fourth-order valence-corrected chi connectivity index (χ4v) is 4.15. The summed E-state index contributed by atoms with van der Waals surface area (Å²) in [6, 6.07) is 12.9. The minimum Gasteiger partial charge on any atom is -0.283 e. The van der Waals surface area contributed by atoms with Crippen molar-refractivity contribution in [3.8, 4) is 11.3 Å². The molecule has 0 unspecified atom stereocenters. The number of para-hydroxylation sites is 1. The molecule has 0 amide bonds. The standard InChI is InChI=1S/C17H15FN2O2S2/c1-12-19-17(10-23-12)14-7-3-5-9-16(14)20-24(21,22)11-13-6-2-4-8-15(13)18/h2-10,20H,11H2,1H3. The fraction of sp³-hybridized carbons (Fsp3) is 0.118. The Morgan fingerprint density at radius 3 is 2.54 bits per heavy atom. The molecule has 1 aromatic heterocycles. The molecule has 0 bridgehead atoms. The molecular weight excluding hydrogens is 347 g/mol. The number of rotatable bonds is 5. The van der Waals surface area contributed by atoms with Gasteiger partial charge in [-0.2, -0.15) is 0 Å². The van der Waals surface area contributed by atoms with E-state index >= 15 is 0 Å². The van der Waals surface area contributed by atoms with Crippen LogP contribution in [0.15, 0.2) is 53.9 Å². The van der Waals surface area contributed by atoms with Crippen LogP contribution < -0.4 is 4.72 Å². The number of halogens is 1. The molecule has 0 saturated carbocycles. The molecule has 124 valence electrons. The summed E-state index contributed by atoms with van der Waals surface area (Å²) in [4.78, 5) is 4.39. The Kier molecular flexibility index (Phi) is 4.64. The van der Waals surface area contributed by atoms with Crippen LogP contribution in [-0.4, -0.2) is 13.4 Å². The van der Waals surface area contributed by atoms with E-state index in [9.17, 15) is 12.8 Å². The second kappa shape index (κ2) is 6.70. The van der Waals surface area contributed by atoms with Crippen LogP contribution in [0.1, 0.15) is 10.6 Å². The zero-order valence-electron chi connectivity index (χ0n) is 12.9. The number of benzene rings is 2. The SMILES string of the molecule is Cc1nc(-c2ccccc2NS(=O)(=O)Cc2ccccc2F)cs1. The molecule has 7 heteroatoms. The topological polar surface area (TPSA) is 59.1 Å². The fourth-order valence-electron chi connectivity index (χ4n) is 2.31. The van der Waals surface area contributed by atoms with E-state index in [4.69, 9.17) is 0 Å². The Morgan fingerprint density at radius 2 is 1.83 bits per heavy atom. The van der Waals surface area contributed by atoms with Crippen molar-refractivity contribution in [2.45, 2.75) is 12.7 Å². The van der Waals surface area contributed by atoms with Gasteiger partial charge in [-0.3, -0.25) is 4.72 Å². The highest BCUT2D eigenvalue weighted by molar-refractivity contribution is 7.91. The second-order valence-corrected chi connectivity index (χ2v) is 8.03. The summed E-state index contributed by atoms with van der Waals surface area (Å²) in [5, 5.41) is 2.77. The average molecular weight is 362 g/mol. The summed E-state index contributed by atoms with van der Waals surface area (Å²) < 4.78 is 41.1. The maximum absolute atomic E-state index is 13.7. The van der Waals surface area contributed by atoms with E-state index in [1.54, 1.807) is 24.3 Å². The molecular formula is C17H15FN2O2S2. The highest BCUT2D eigenvalue weighted by atomic mass is 32.2. The van der Waals surface area contributed by atoms with Crippen LogP contribution in [0.25, 0.3) is 11.3 Å². The average Bonchev–Trinajstić information content (AvgIpc) is 2.96. The number of hydrogen-bond donors (Lipinski definition) is 1. The third-order valence-electron chi connectivity index (χ3n) is 3.39. The molecule has 1 N–H and O–H groups in total. The molecule has 2 aromatic carbocycles. The van der Waals surface area contributed by atoms with E-state index in [0.29, 0.717) is 16.9 Å². The number of aromatic nitrogens is 1. The van der Waals surface area contributed by atoms with Crippen LogP contribution in [0.3, 0.4) is 0 Å². The lowest BCUT2D eigenvalue weighted by Gasteiger charge is -2.12. The molecule has 0 radical (unpaired) electrons. The second-order valence-electron chi connectivity index (χ2n) is 5.25. The van der Waals surface area contributed by atoms with Crippen LogP contribution in [0.4, 0.5) is 10.1 Å². The van der Waals surface area contributed by atoms with Gasteiger partial charge in [0.25, 0.3) is 0 Å². The first-order valence-corrected chi connectivity index (χ1v) is 9.73. The molecule has 1 heterocycles. The summed E-state index contributed by atoms with van der Waals surface area (Å²) in [5.74, 6) is -0.962. The minimum atomic E-state index is -3.75. The number of nitrogens with one attached hydrogen (secondary N) is 1. The number of sulfonamides is 1. The molecule has 0 saturated heterocycles. The smallest absolute Gasteiger partial charge is 0.237 e. The summed E-state index contributed by atoms with van der Waals surface area (Å²) in [7, 11) is -3.75. The van der Waals surface area contributed by atoms with E-state index in [1.165, 1.54) is 29.5 Å². The van der Waals surface area contributed by atoms with Gasteiger partial charge in [-0.05, 0) is 19.1 Å². The molecule has 24 heavy (non-hydrogen) atoms. The molecule has 0 aliphatic heterocycles. The number of aryl methyl sites for hydroxylation is 1. The number of anilines is 1. The third-order valence-corrected chi connectivity index (χ3v) is 5.39. The van der Waals surface area contributed by atoms with Gasteiger partial charge in [0.05, 0.1) is 22.1 Å². The molecule has 4 nitrogen and oxygen atoms in total. The quantitative estimate of drug-likeness (QED) is 0.740. The van der Waals surface area contributed by atoms with E-state index in [2.05, 4.69) is 9.71 Å². The van der Waals surface area contributed by atoms with Crippen molar-refractivity contribution in [2.24, 2.45) is 0 Å². The van der Waals surface area contributed by atoms with Gasteiger partial charge in [-0.15, -0.1) is 11.3 Å². The summed E-state index contributed by atoms with van der Waals surface area (Å²) in [5.41, 5.74) is 1.96. The van der Waals surface area contributed by atoms with E-state index in [1.807, 2.05) is 18.4 Å². The number of nitrogens with zero attached hydrogens (tertiary/aromatic N) is 1. The normalized spacial score (nSPS) is 11.4. The predicted molar refractivity (Wildman–Crippen MR) is 94.9 cm³/mol. The van der Waals surface area contributed by atoms with Crippen molar-refractivity contribution in [1.29, 1.82) is 0 Å². The molecule has 0 aliphatic carbocycles. The van der Waals surface area contributed by atoms with Gasteiger partial charge in [0.1, 0.15) is 5.82 Å². The van der Waals surface area contributed by atoms with Gasteiger partial charge in [0, 0.05) is 16.5 Å². The molecule has 0 spiro atoms. The molecule has 0 aliphatic rings. The van der Waals surface area contributed by atoms with Crippen molar-refractivity contribution in [3.05, 3.63) is 70.3 Å². The van der Waals surface area contributed by atoms with Gasteiger partial charge >= 0.3 is 0 Å². The van der Waals surface area contributed by atoms with Crippen molar-refractivity contribution >= 4 is 27.0 Å². The van der Waals surface area contributed by atoms with Crippen molar-refractivity contribution in [1.82, 2.24) is 4.98 Å². The first-order chi connectivity index (χ1) is 11.4. The summed E-state index contributed by atoms with van der Waals surface area (Å²) in [6.07, 6.45) is 0. The maximum Gasteiger partial charge on any atom is 0.237 e. The van der Waals surface area contributed by atoms with Gasteiger partial charge in [-0.25, -0.2) is 17.8 Å². The zero-order chi connectivity index (χ0) is 17.2. The number of hydrogen-bond acceptors (Lipinski definition) is 4. The first-order valence-electron chi connectivity index (χ1n) is 7.20. The van der Waals surface area contributed by atoms with Crippen molar-refractivity contribution in [2.75, 3.05) is 4.72 Å². The van der Waals surface area contributed by atoms with Gasteiger partial charge in [-0.1, -0.05) is 36.4 Å². The lowest BCUT2D eigenvalue weighted by atomic mass is 10.1. The molecule has 3 rings (SSSR count). The highest BCUT2D eigenvalue weighted by Gasteiger charge is 2.17. The maximum atomic E-state index is 13.7. The monoisotopic (exact) mass is 362 g/mol. The van der Waals surface area contributed by atoms with E-state index < -0.39 is 21.6 Å². The first kappa shape index (κ1) is 16.6. The van der Waals surface area contributed by atoms with Gasteiger partial charge in [0.15, 0.2) is 0 Å².